The van der Waals surface area contributed by atoms with Crippen molar-refractivity contribution in [2.45, 2.75) is 12.6 Å². The van der Waals surface area contributed by atoms with E-state index in [0.717, 1.165) is 17.8 Å². The Morgan fingerprint density at radius 3 is 2.82 bits per heavy atom. The highest BCUT2D eigenvalue weighted by atomic mass is 16.6. The number of hydrogen-bond donors (Lipinski definition) is 1. The van der Waals surface area contributed by atoms with Crippen molar-refractivity contribution in [1.82, 2.24) is 15.2 Å². The van der Waals surface area contributed by atoms with Crippen LogP contribution in [0.5, 0.6) is 0 Å². The minimum absolute atomic E-state index is 0.0548. The molecule has 1 N–H and O–H groups in total. The van der Waals surface area contributed by atoms with Crippen molar-refractivity contribution >= 4 is 6.09 Å². The number of rotatable bonds is 3. The molecule has 1 aliphatic rings. The number of ether oxygens (including phenoxy) is 1. The van der Waals surface area contributed by atoms with Crippen LogP contribution in [-0.2, 0) is 11.3 Å². The van der Waals surface area contributed by atoms with Crippen molar-refractivity contribution in [2.24, 2.45) is 0 Å². The normalized spacial score (nSPS) is 18.0. The Morgan fingerprint density at radius 2 is 2.05 bits per heavy atom. The number of nitrogens with one attached hydrogen (secondary N) is 1. The van der Waals surface area contributed by atoms with Gasteiger partial charge in [-0.3, -0.25) is 4.98 Å². The smallest absolute Gasteiger partial charge is 0.410 e. The molecule has 1 unspecified atom stereocenters. The molecule has 5 heteroatoms. The van der Waals surface area contributed by atoms with Crippen molar-refractivity contribution in [1.29, 1.82) is 0 Å². The summed E-state index contributed by atoms with van der Waals surface area (Å²) in [6, 6.07) is 15.6. The molecule has 1 aliphatic heterocycles. The van der Waals surface area contributed by atoms with Crippen molar-refractivity contribution in [2.75, 3.05) is 19.6 Å². The Morgan fingerprint density at radius 1 is 1.23 bits per heavy atom. The number of benzene rings is 1. The van der Waals surface area contributed by atoms with Crippen molar-refractivity contribution in [3.05, 3.63) is 66.0 Å². The van der Waals surface area contributed by atoms with E-state index in [2.05, 4.69) is 10.3 Å². The minimum Gasteiger partial charge on any atom is -0.445 e. The Hall–Kier alpha value is -2.40. The van der Waals surface area contributed by atoms with E-state index in [1.54, 1.807) is 11.1 Å². The van der Waals surface area contributed by atoms with Crippen LogP contribution in [0.15, 0.2) is 54.7 Å². The Balaban J connectivity index is 1.56. The second-order valence-corrected chi connectivity index (χ2v) is 5.25. The lowest BCUT2D eigenvalue weighted by atomic mass is 10.1. The lowest BCUT2D eigenvalue weighted by molar-refractivity contribution is 0.0846. The molecule has 1 aromatic carbocycles. The zero-order valence-corrected chi connectivity index (χ0v) is 12.3. The fraction of sp³-hybridized carbons (Fsp3) is 0.294. The van der Waals surface area contributed by atoms with Crippen LogP contribution >= 0.6 is 0 Å². The van der Waals surface area contributed by atoms with E-state index in [4.69, 9.17) is 4.74 Å². The quantitative estimate of drug-likeness (QED) is 0.945. The van der Waals surface area contributed by atoms with Crippen molar-refractivity contribution < 1.29 is 9.53 Å². The van der Waals surface area contributed by atoms with Gasteiger partial charge >= 0.3 is 6.09 Å². The third-order valence-corrected chi connectivity index (χ3v) is 3.68. The van der Waals surface area contributed by atoms with Crippen LogP contribution in [0, 0.1) is 0 Å². The molecule has 1 aromatic heterocycles. The number of amides is 1. The van der Waals surface area contributed by atoms with Gasteiger partial charge in [0.15, 0.2) is 0 Å². The fourth-order valence-corrected chi connectivity index (χ4v) is 2.51. The molecule has 0 aliphatic carbocycles. The molecule has 0 spiro atoms. The maximum Gasteiger partial charge on any atom is 0.410 e. The van der Waals surface area contributed by atoms with Crippen LogP contribution in [0.25, 0.3) is 0 Å². The van der Waals surface area contributed by atoms with Crippen molar-refractivity contribution in [3.8, 4) is 0 Å². The van der Waals surface area contributed by atoms with Gasteiger partial charge in [-0.1, -0.05) is 36.4 Å². The second-order valence-electron chi connectivity index (χ2n) is 5.25. The van der Waals surface area contributed by atoms with Gasteiger partial charge in [0.2, 0.25) is 0 Å². The van der Waals surface area contributed by atoms with E-state index in [1.165, 1.54) is 0 Å². The molecule has 5 nitrogen and oxygen atoms in total. The van der Waals surface area contributed by atoms with E-state index < -0.39 is 0 Å². The molecule has 1 atom stereocenters. The molecule has 22 heavy (non-hydrogen) atoms. The molecule has 2 heterocycles. The van der Waals surface area contributed by atoms with Crippen LogP contribution in [0.4, 0.5) is 4.79 Å². The fourth-order valence-electron chi connectivity index (χ4n) is 2.51. The first-order valence-corrected chi connectivity index (χ1v) is 7.43. The third-order valence-electron chi connectivity index (χ3n) is 3.68. The van der Waals surface area contributed by atoms with Gasteiger partial charge in [0.1, 0.15) is 6.61 Å². The zero-order chi connectivity index (χ0) is 15.2. The number of aromatic nitrogens is 1. The van der Waals surface area contributed by atoms with Crippen LogP contribution in [0.2, 0.25) is 0 Å². The summed E-state index contributed by atoms with van der Waals surface area (Å²) >= 11 is 0. The summed E-state index contributed by atoms with van der Waals surface area (Å²) in [6.45, 7) is 2.27. The number of piperazine rings is 1. The van der Waals surface area contributed by atoms with Gasteiger partial charge in [0.25, 0.3) is 0 Å². The highest BCUT2D eigenvalue weighted by Crippen LogP contribution is 2.15. The molecule has 0 radical (unpaired) electrons. The monoisotopic (exact) mass is 297 g/mol. The first kappa shape index (κ1) is 14.5. The summed E-state index contributed by atoms with van der Waals surface area (Å²) in [4.78, 5) is 18.3. The number of nitrogens with zero attached hydrogens (tertiary/aromatic N) is 2. The largest absolute Gasteiger partial charge is 0.445 e. The first-order chi connectivity index (χ1) is 10.8. The maximum absolute atomic E-state index is 12.2. The van der Waals surface area contributed by atoms with Gasteiger partial charge in [0.05, 0.1) is 11.7 Å². The Bertz CT molecular complexity index is 604. The van der Waals surface area contributed by atoms with E-state index in [0.29, 0.717) is 19.7 Å². The predicted octanol–water partition coefficient (Wildman–Crippen LogP) is 2.36. The minimum atomic E-state index is -0.272. The molecule has 2 aromatic rings. The molecule has 0 bridgehead atoms. The van der Waals surface area contributed by atoms with Gasteiger partial charge < -0.3 is 15.0 Å². The molecule has 1 fully saturated rings. The van der Waals surface area contributed by atoms with Crippen LogP contribution in [0.1, 0.15) is 17.3 Å². The van der Waals surface area contributed by atoms with Gasteiger partial charge in [-0.15, -0.1) is 0 Å². The van der Waals surface area contributed by atoms with Gasteiger partial charge in [-0.05, 0) is 17.7 Å². The molecule has 1 saturated heterocycles. The van der Waals surface area contributed by atoms with Gasteiger partial charge in [0, 0.05) is 25.8 Å². The number of carbonyl (C=O) groups is 1. The summed E-state index contributed by atoms with van der Waals surface area (Å²) in [5.74, 6) is 0. The van der Waals surface area contributed by atoms with Crippen LogP contribution in [-0.4, -0.2) is 35.6 Å². The first-order valence-electron chi connectivity index (χ1n) is 7.43. The predicted molar refractivity (Wildman–Crippen MR) is 83.2 cm³/mol. The molecule has 114 valence electrons. The van der Waals surface area contributed by atoms with E-state index >= 15 is 0 Å². The van der Waals surface area contributed by atoms with Gasteiger partial charge in [-0.25, -0.2) is 4.79 Å². The molecule has 1 amide bonds. The third kappa shape index (κ3) is 3.62. The summed E-state index contributed by atoms with van der Waals surface area (Å²) < 4.78 is 5.39. The standard InChI is InChI=1S/C17H19N3O2/c21-17(22-13-14-6-2-1-3-7-14)20-11-10-19-16(12-20)15-8-4-5-9-18-15/h1-9,16,19H,10-13H2. The lowest BCUT2D eigenvalue weighted by Crippen LogP contribution is -2.48. The summed E-state index contributed by atoms with van der Waals surface area (Å²) in [5, 5.41) is 3.38. The molecule has 3 rings (SSSR count). The summed E-state index contributed by atoms with van der Waals surface area (Å²) in [7, 11) is 0. The maximum atomic E-state index is 12.2. The van der Waals surface area contributed by atoms with E-state index in [9.17, 15) is 4.79 Å². The number of hydrogen-bond acceptors (Lipinski definition) is 4. The number of carbonyl (C=O) groups excluding carboxylic acids is 1. The summed E-state index contributed by atoms with van der Waals surface area (Å²) in [6.07, 6.45) is 1.50. The average molecular weight is 297 g/mol. The number of pyridine rings is 1. The second kappa shape index (κ2) is 7.04. The molecular weight excluding hydrogens is 278 g/mol. The SMILES string of the molecule is O=C(OCc1ccccc1)N1CCNC(c2ccccn2)C1. The molecular formula is C17H19N3O2. The zero-order valence-electron chi connectivity index (χ0n) is 12.3. The Labute approximate surface area is 129 Å². The average Bonchev–Trinajstić information content (AvgIpc) is 2.61. The van der Waals surface area contributed by atoms with Gasteiger partial charge in [-0.2, -0.15) is 0 Å². The van der Waals surface area contributed by atoms with E-state index in [-0.39, 0.29) is 12.1 Å². The summed E-state index contributed by atoms with van der Waals surface area (Å²) in [5.41, 5.74) is 1.94. The Kier molecular flexibility index (Phi) is 4.65. The van der Waals surface area contributed by atoms with Crippen LogP contribution in [0.3, 0.4) is 0 Å². The van der Waals surface area contributed by atoms with E-state index in [1.807, 2.05) is 48.5 Å². The molecule has 0 saturated carbocycles. The lowest BCUT2D eigenvalue weighted by Gasteiger charge is -2.32. The topological polar surface area (TPSA) is 54.5 Å². The highest BCUT2D eigenvalue weighted by molar-refractivity contribution is 5.67. The highest BCUT2D eigenvalue weighted by Gasteiger charge is 2.25. The van der Waals surface area contributed by atoms with Crippen LogP contribution < -0.4 is 5.32 Å². The van der Waals surface area contributed by atoms with Crippen molar-refractivity contribution in [3.63, 3.8) is 0 Å².